The van der Waals surface area contributed by atoms with Crippen LogP contribution in [0.5, 0.6) is 0 Å². The molecule has 0 atom stereocenters. The summed E-state index contributed by atoms with van der Waals surface area (Å²) in [4.78, 5) is 11.5. The summed E-state index contributed by atoms with van der Waals surface area (Å²) in [5, 5.41) is 7.04. The van der Waals surface area contributed by atoms with Crippen molar-refractivity contribution >= 4 is 46.4 Å². The molecule has 1 fully saturated rings. The van der Waals surface area contributed by atoms with E-state index in [1.807, 2.05) is 0 Å². The summed E-state index contributed by atoms with van der Waals surface area (Å²) in [6, 6.07) is 3.51. The summed E-state index contributed by atoms with van der Waals surface area (Å²) in [6.07, 6.45) is 2.13. The fourth-order valence-electron chi connectivity index (χ4n) is 1.39. The number of amides is 1. The first kappa shape index (κ1) is 12.8. The van der Waals surface area contributed by atoms with Crippen molar-refractivity contribution in [3.05, 3.63) is 27.2 Å². The molecule has 0 radical (unpaired) electrons. The predicted octanol–water partition coefficient (Wildman–Crippen LogP) is 3.34. The van der Waals surface area contributed by atoms with Gasteiger partial charge in [0.15, 0.2) is 0 Å². The van der Waals surface area contributed by atoms with Crippen LogP contribution in [0.3, 0.4) is 0 Å². The molecule has 0 saturated heterocycles. The van der Waals surface area contributed by atoms with Crippen LogP contribution >= 0.6 is 34.8 Å². The minimum absolute atomic E-state index is 0.0606. The van der Waals surface area contributed by atoms with Crippen molar-refractivity contribution in [1.29, 1.82) is 0 Å². The quantitative estimate of drug-likeness (QED) is 0.894. The van der Waals surface area contributed by atoms with Crippen molar-refractivity contribution in [2.75, 3.05) is 11.9 Å². The molecule has 0 unspecified atom stereocenters. The van der Waals surface area contributed by atoms with Gasteiger partial charge in [-0.15, -0.1) is 0 Å². The average Bonchev–Trinajstić information content (AvgIpc) is 2.99. The van der Waals surface area contributed by atoms with Crippen LogP contribution in [-0.2, 0) is 4.79 Å². The van der Waals surface area contributed by atoms with E-state index >= 15 is 0 Å². The summed E-state index contributed by atoms with van der Waals surface area (Å²) in [5.41, 5.74) is 0.531. The number of nitrogens with one attached hydrogen (secondary N) is 2. The Morgan fingerprint density at radius 2 is 1.82 bits per heavy atom. The number of carbonyl (C=O) groups excluding carboxylic acids is 1. The third-order valence-corrected chi connectivity index (χ3v) is 3.19. The molecule has 92 valence electrons. The number of carbonyl (C=O) groups is 1. The second-order valence-electron chi connectivity index (χ2n) is 3.94. The minimum Gasteiger partial charge on any atom is -0.374 e. The number of halogens is 3. The first-order valence-electron chi connectivity index (χ1n) is 5.24. The zero-order valence-electron chi connectivity index (χ0n) is 8.90. The highest BCUT2D eigenvalue weighted by atomic mass is 35.5. The third-order valence-electron chi connectivity index (χ3n) is 2.38. The maximum atomic E-state index is 11.5. The van der Waals surface area contributed by atoms with Crippen LogP contribution in [0.1, 0.15) is 12.8 Å². The fraction of sp³-hybridized carbons (Fsp3) is 0.364. The van der Waals surface area contributed by atoms with Crippen LogP contribution in [0.2, 0.25) is 15.1 Å². The number of hydrogen-bond donors (Lipinski definition) is 2. The van der Waals surface area contributed by atoms with Gasteiger partial charge in [-0.05, 0) is 25.0 Å². The molecule has 0 spiro atoms. The van der Waals surface area contributed by atoms with E-state index in [0.29, 0.717) is 26.8 Å². The Morgan fingerprint density at radius 1 is 1.24 bits per heavy atom. The topological polar surface area (TPSA) is 41.1 Å². The van der Waals surface area contributed by atoms with E-state index in [-0.39, 0.29) is 12.5 Å². The number of rotatable bonds is 4. The van der Waals surface area contributed by atoms with Gasteiger partial charge in [0.25, 0.3) is 0 Å². The zero-order valence-corrected chi connectivity index (χ0v) is 11.2. The Bertz CT molecular complexity index is 423. The fourth-order valence-corrected chi connectivity index (χ4v) is 2.34. The molecule has 1 amide bonds. The predicted molar refractivity (Wildman–Crippen MR) is 71.1 cm³/mol. The lowest BCUT2D eigenvalue weighted by Crippen LogP contribution is -2.31. The van der Waals surface area contributed by atoms with E-state index in [2.05, 4.69) is 10.6 Å². The maximum absolute atomic E-state index is 11.5. The molecule has 0 heterocycles. The SMILES string of the molecule is O=C(CNc1c(Cl)cc(Cl)cc1Cl)NC1CC1. The molecule has 3 nitrogen and oxygen atoms in total. The standard InChI is InChI=1S/C11H11Cl3N2O/c12-6-3-8(13)11(9(14)4-6)15-5-10(17)16-7-1-2-7/h3-4,7,15H,1-2,5H2,(H,16,17). The summed E-state index contributed by atoms with van der Waals surface area (Å²) in [6.45, 7) is 0.150. The lowest BCUT2D eigenvalue weighted by molar-refractivity contribution is -0.119. The van der Waals surface area contributed by atoms with Crippen LogP contribution in [0.25, 0.3) is 0 Å². The molecular weight excluding hydrogens is 282 g/mol. The van der Waals surface area contributed by atoms with Crippen molar-refractivity contribution < 1.29 is 4.79 Å². The van der Waals surface area contributed by atoms with Gasteiger partial charge in [0.05, 0.1) is 22.3 Å². The number of hydrogen-bond acceptors (Lipinski definition) is 2. The Kier molecular flexibility index (Phi) is 4.02. The van der Waals surface area contributed by atoms with Gasteiger partial charge in [0, 0.05) is 11.1 Å². The first-order valence-corrected chi connectivity index (χ1v) is 6.37. The normalized spacial score (nSPS) is 14.5. The van der Waals surface area contributed by atoms with E-state index < -0.39 is 0 Å². The van der Waals surface area contributed by atoms with Crippen molar-refractivity contribution in [2.45, 2.75) is 18.9 Å². The smallest absolute Gasteiger partial charge is 0.239 e. The molecule has 6 heteroatoms. The Balaban J connectivity index is 1.95. The molecule has 1 aliphatic carbocycles. The molecule has 1 aromatic carbocycles. The van der Waals surface area contributed by atoms with Gasteiger partial charge >= 0.3 is 0 Å². The molecule has 0 bridgehead atoms. The minimum atomic E-state index is -0.0606. The van der Waals surface area contributed by atoms with Gasteiger partial charge in [0.2, 0.25) is 5.91 Å². The summed E-state index contributed by atoms with van der Waals surface area (Å²) < 4.78 is 0. The molecule has 17 heavy (non-hydrogen) atoms. The first-order chi connectivity index (χ1) is 8.06. The van der Waals surface area contributed by atoms with E-state index in [9.17, 15) is 4.79 Å². The highest BCUT2D eigenvalue weighted by molar-refractivity contribution is 6.41. The molecular formula is C11H11Cl3N2O. The second-order valence-corrected chi connectivity index (χ2v) is 5.19. The lowest BCUT2D eigenvalue weighted by Gasteiger charge is -2.10. The van der Waals surface area contributed by atoms with Crippen LogP contribution < -0.4 is 10.6 Å². The largest absolute Gasteiger partial charge is 0.374 e. The van der Waals surface area contributed by atoms with Gasteiger partial charge in [-0.2, -0.15) is 0 Å². The maximum Gasteiger partial charge on any atom is 0.239 e. The summed E-state index contributed by atoms with van der Waals surface area (Å²) >= 11 is 17.7. The van der Waals surface area contributed by atoms with Gasteiger partial charge in [0.1, 0.15) is 0 Å². The van der Waals surface area contributed by atoms with E-state index in [4.69, 9.17) is 34.8 Å². The summed E-state index contributed by atoms with van der Waals surface area (Å²) in [7, 11) is 0. The Labute approximate surface area is 114 Å². The third kappa shape index (κ3) is 3.66. The van der Waals surface area contributed by atoms with Crippen LogP contribution in [0.15, 0.2) is 12.1 Å². The van der Waals surface area contributed by atoms with E-state index in [0.717, 1.165) is 12.8 Å². The highest BCUT2D eigenvalue weighted by Gasteiger charge is 2.23. The molecule has 0 aliphatic heterocycles. The van der Waals surface area contributed by atoms with Crippen molar-refractivity contribution in [3.63, 3.8) is 0 Å². The average molecular weight is 294 g/mol. The molecule has 0 aromatic heterocycles. The van der Waals surface area contributed by atoms with Gasteiger partial charge in [-0.25, -0.2) is 0 Å². The van der Waals surface area contributed by atoms with Crippen LogP contribution in [0.4, 0.5) is 5.69 Å². The Hall–Kier alpha value is -0.640. The second kappa shape index (κ2) is 5.34. The van der Waals surface area contributed by atoms with E-state index in [1.54, 1.807) is 12.1 Å². The molecule has 2 rings (SSSR count). The van der Waals surface area contributed by atoms with Crippen LogP contribution in [0, 0.1) is 0 Å². The van der Waals surface area contributed by atoms with Crippen molar-refractivity contribution in [2.24, 2.45) is 0 Å². The molecule has 1 aromatic rings. The molecule has 1 aliphatic rings. The zero-order chi connectivity index (χ0) is 12.4. The lowest BCUT2D eigenvalue weighted by atomic mass is 10.3. The van der Waals surface area contributed by atoms with Crippen molar-refractivity contribution in [1.82, 2.24) is 5.32 Å². The van der Waals surface area contributed by atoms with Gasteiger partial charge < -0.3 is 10.6 Å². The highest BCUT2D eigenvalue weighted by Crippen LogP contribution is 2.33. The summed E-state index contributed by atoms with van der Waals surface area (Å²) in [5.74, 6) is -0.0606. The van der Waals surface area contributed by atoms with Gasteiger partial charge in [-0.1, -0.05) is 34.8 Å². The Morgan fingerprint density at radius 3 is 2.35 bits per heavy atom. The number of anilines is 1. The monoisotopic (exact) mass is 292 g/mol. The van der Waals surface area contributed by atoms with Crippen molar-refractivity contribution in [3.8, 4) is 0 Å². The molecule has 2 N–H and O–H groups in total. The van der Waals surface area contributed by atoms with Crippen LogP contribution in [-0.4, -0.2) is 18.5 Å². The number of benzene rings is 1. The van der Waals surface area contributed by atoms with Gasteiger partial charge in [-0.3, -0.25) is 4.79 Å². The van der Waals surface area contributed by atoms with E-state index in [1.165, 1.54) is 0 Å². The molecule has 1 saturated carbocycles.